The smallest absolute Gasteiger partial charge is 0.308 e. The minimum absolute atomic E-state index is 0.00782. The monoisotopic (exact) mass is 487 g/mol. The quantitative estimate of drug-likeness (QED) is 0.488. The van der Waals surface area contributed by atoms with Crippen molar-refractivity contribution in [2.75, 3.05) is 42.6 Å². The highest BCUT2D eigenvalue weighted by Crippen LogP contribution is 2.66. The first-order valence-electron chi connectivity index (χ1n) is 11.9. The van der Waals surface area contributed by atoms with Crippen LogP contribution in [0.15, 0.2) is 36.9 Å². The van der Waals surface area contributed by atoms with E-state index in [2.05, 4.69) is 25.3 Å². The molecule has 0 radical (unpaired) electrons. The third kappa shape index (κ3) is 3.69. The van der Waals surface area contributed by atoms with Crippen LogP contribution in [-0.2, 0) is 14.4 Å². The second-order valence-electron chi connectivity index (χ2n) is 9.08. The van der Waals surface area contributed by atoms with Gasteiger partial charge in [-0.1, -0.05) is 6.08 Å². The number of aliphatic hydroxyl groups is 1. The van der Waals surface area contributed by atoms with Crippen molar-refractivity contribution in [3.05, 3.63) is 36.9 Å². The molecule has 1 spiro atoms. The molecule has 2 amide bonds. The second-order valence-corrected chi connectivity index (χ2v) is 10.7. The molecule has 3 fully saturated rings. The van der Waals surface area contributed by atoms with Crippen molar-refractivity contribution in [2.24, 2.45) is 11.8 Å². The van der Waals surface area contributed by atoms with Crippen molar-refractivity contribution >= 4 is 40.9 Å². The summed E-state index contributed by atoms with van der Waals surface area (Å²) in [6, 6.07) is 6.94. The number of carbonyl (C=O) groups excluding carboxylic acids is 2. The van der Waals surface area contributed by atoms with E-state index in [9.17, 15) is 24.6 Å². The summed E-state index contributed by atoms with van der Waals surface area (Å²) in [5.41, 5.74) is 1.76. The molecular weight excluding hydrogens is 454 g/mol. The number of anilines is 2. The van der Waals surface area contributed by atoms with Crippen molar-refractivity contribution in [1.29, 1.82) is 0 Å². The Morgan fingerprint density at radius 2 is 1.88 bits per heavy atom. The molecule has 4 rings (SSSR count). The van der Waals surface area contributed by atoms with Crippen LogP contribution in [0.2, 0.25) is 0 Å². The Hall–Kier alpha value is -2.52. The summed E-state index contributed by atoms with van der Waals surface area (Å²) in [4.78, 5) is 44.9. The third-order valence-corrected chi connectivity index (χ3v) is 9.48. The Labute approximate surface area is 204 Å². The number of likely N-dealkylation sites (tertiary alicyclic amines) is 1. The van der Waals surface area contributed by atoms with Gasteiger partial charge in [0.2, 0.25) is 5.91 Å². The third-order valence-electron chi connectivity index (χ3n) is 7.53. The van der Waals surface area contributed by atoms with Gasteiger partial charge in [0, 0.05) is 42.8 Å². The summed E-state index contributed by atoms with van der Waals surface area (Å²) >= 11 is 1.49. The summed E-state index contributed by atoms with van der Waals surface area (Å²) in [6.45, 7) is 9.73. The van der Waals surface area contributed by atoms with E-state index in [1.54, 1.807) is 11.0 Å². The lowest BCUT2D eigenvalue weighted by Gasteiger charge is -2.37. The van der Waals surface area contributed by atoms with Gasteiger partial charge in [0.05, 0.1) is 23.2 Å². The number of aliphatic hydroxyl groups excluding tert-OH is 1. The number of rotatable bonds is 10. The van der Waals surface area contributed by atoms with E-state index >= 15 is 0 Å². The molecule has 3 heterocycles. The van der Waals surface area contributed by atoms with E-state index in [0.717, 1.165) is 18.8 Å². The Balaban J connectivity index is 1.71. The molecule has 2 unspecified atom stereocenters. The van der Waals surface area contributed by atoms with Crippen LogP contribution < -0.4 is 9.80 Å². The van der Waals surface area contributed by atoms with E-state index in [4.69, 9.17) is 0 Å². The zero-order valence-corrected chi connectivity index (χ0v) is 20.5. The lowest BCUT2D eigenvalue weighted by atomic mass is 9.71. The molecule has 1 aromatic carbocycles. The molecule has 9 heteroatoms. The van der Waals surface area contributed by atoms with Gasteiger partial charge in [0.25, 0.3) is 5.91 Å². The maximum Gasteiger partial charge on any atom is 0.308 e. The number of carboxylic acid groups (broad SMARTS) is 1. The molecule has 184 valence electrons. The number of benzene rings is 1. The van der Waals surface area contributed by atoms with Crippen LogP contribution in [0.25, 0.3) is 0 Å². The first-order valence-corrected chi connectivity index (χ1v) is 12.8. The Bertz CT molecular complexity index is 966. The average Bonchev–Trinajstić information content (AvgIpc) is 3.46. The first-order chi connectivity index (χ1) is 16.3. The highest BCUT2D eigenvalue weighted by molar-refractivity contribution is 8.02. The number of thioether (sulfide) groups is 1. The zero-order chi connectivity index (χ0) is 24.6. The fourth-order valence-corrected chi connectivity index (χ4v) is 8.30. The van der Waals surface area contributed by atoms with Crippen molar-refractivity contribution in [2.45, 2.75) is 42.7 Å². The molecular formula is C25H33N3O5S. The summed E-state index contributed by atoms with van der Waals surface area (Å²) in [5.74, 6) is -3.11. The van der Waals surface area contributed by atoms with E-state index in [1.165, 1.54) is 16.7 Å². The minimum atomic E-state index is -0.982. The van der Waals surface area contributed by atoms with E-state index < -0.39 is 28.6 Å². The first kappa shape index (κ1) is 24.6. The van der Waals surface area contributed by atoms with Crippen molar-refractivity contribution < 1.29 is 24.6 Å². The van der Waals surface area contributed by atoms with Crippen molar-refractivity contribution in [1.82, 2.24) is 4.90 Å². The van der Waals surface area contributed by atoms with Gasteiger partial charge in [0.1, 0.15) is 6.04 Å². The maximum absolute atomic E-state index is 14.1. The molecule has 0 aliphatic carbocycles. The van der Waals surface area contributed by atoms with Gasteiger partial charge in [0.15, 0.2) is 0 Å². The SMILES string of the molecule is C=CCN(C(=O)C1N(CCO)C(=O)[C@@H]2[C@H](C(=O)O)[C@@H]3CCC12S3)c1ccc(N(CC)CC)cc1. The molecule has 1 aromatic rings. The number of hydrogen-bond donors (Lipinski definition) is 2. The summed E-state index contributed by atoms with van der Waals surface area (Å²) < 4.78 is -0.780. The zero-order valence-electron chi connectivity index (χ0n) is 19.7. The lowest BCUT2D eigenvalue weighted by Crippen LogP contribution is -2.55. The molecule has 0 saturated carbocycles. The molecule has 8 nitrogen and oxygen atoms in total. The number of carboxylic acids is 1. The highest BCUT2D eigenvalue weighted by atomic mass is 32.2. The molecule has 2 bridgehead atoms. The normalized spacial score (nSPS) is 29.3. The van der Waals surface area contributed by atoms with Crippen LogP contribution in [0.4, 0.5) is 11.4 Å². The average molecular weight is 488 g/mol. The predicted octanol–water partition coefficient (Wildman–Crippen LogP) is 2.22. The standard InChI is InChI=1S/C25H33N3O5S/c1-4-13-27(17-9-7-16(8-10-17)26(5-2)6-3)23(31)21-25-12-11-18(34-25)19(24(32)33)20(25)22(30)28(21)14-15-29/h4,7-10,18-21,29H,1,5-6,11-15H2,2-3H3,(H,32,33)/t18-,19+,20-,21?,25?/m0/s1. The molecule has 0 aromatic heterocycles. The number of fused-ring (bicyclic) bond motifs is 1. The minimum Gasteiger partial charge on any atom is -0.481 e. The fraction of sp³-hybridized carbons (Fsp3) is 0.560. The number of amides is 2. The summed E-state index contributed by atoms with van der Waals surface area (Å²) in [5, 5.41) is 19.4. The van der Waals surface area contributed by atoms with Crippen LogP contribution in [0.3, 0.4) is 0 Å². The Morgan fingerprint density at radius 1 is 1.24 bits per heavy atom. The fourth-order valence-electron chi connectivity index (χ4n) is 6.09. The second kappa shape index (κ2) is 9.62. The highest BCUT2D eigenvalue weighted by Gasteiger charge is 2.74. The maximum atomic E-state index is 14.1. The number of aliphatic carboxylic acids is 1. The Morgan fingerprint density at radius 3 is 2.44 bits per heavy atom. The summed E-state index contributed by atoms with van der Waals surface area (Å²) in [7, 11) is 0. The van der Waals surface area contributed by atoms with E-state index in [1.807, 2.05) is 24.3 Å². The van der Waals surface area contributed by atoms with Gasteiger partial charge in [-0.05, 0) is 51.0 Å². The molecule has 2 N–H and O–H groups in total. The lowest BCUT2D eigenvalue weighted by molar-refractivity contribution is -0.148. The molecule has 34 heavy (non-hydrogen) atoms. The topological polar surface area (TPSA) is 101 Å². The van der Waals surface area contributed by atoms with E-state index in [-0.39, 0.29) is 36.8 Å². The van der Waals surface area contributed by atoms with Gasteiger partial charge < -0.3 is 24.9 Å². The molecule has 5 atom stereocenters. The van der Waals surface area contributed by atoms with E-state index in [0.29, 0.717) is 18.5 Å². The van der Waals surface area contributed by atoms with Gasteiger partial charge in [-0.25, -0.2) is 0 Å². The number of β-amino-alcohol motifs (C(OH)–C–C–N with tert-alkyl or cyclic N) is 1. The van der Waals surface area contributed by atoms with Gasteiger partial charge in [-0.15, -0.1) is 18.3 Å². The molecule has 3 aliphatic heterocycles. The van der Waals surface area contributed by atoms with Crippen molar-refractivity contribution in [3.8, 4) is 0 Å². The van der Waals surface area contributed by atoms with Crippen LogP contribution >= 0.6 is 11.8 Å². The van der Waals surface area contributed by atoms with Crippen LogP contribution in [0.5, 0.6) is 0 Å². The van der Waals surface area contributed by atoms with Crippen molar-refractivity contribution in [3.63, 3.8) is 0 Å². The largest absolute Gasteiger partial charge is 0.481 e. The number of carbonyl (C=O) groups is 3. The molecule has 3 aliphatic rings. The van der Waals surface area contributed by atoms with Crippen LogP contribution in [0, 0.1) is 11.8 Å². The van der Waals surface area contributed by atoms with Crippen LogP contribution in [0.1, 0.15) is 26.7 Å². The van der Waals surface area contributed by atoms with Crippen LogP contribution in [-0.4, -0.2) is 81.7 Å². The van der Waals surface area contributed by atoms with Gasteiger partial charge in [-0.3, -0.25) is 14.4 Å². The van der Waals surface area contributed by atoms with Gasteiger partial charge >= 0.3 is 5.97 Å². The molecule has 3 saturated heterocycles. The predicted molar refractivity (Wildman–Crippen MR) is 133 cm³/mol. The Kier molecular flexibility index (Phi) is 6.96. The summed E-state index contributed by atoms with van der Waals surface area (Å²) in [6.07, 6.45) is 2.93. The number of hydrogen-bond acceptors (Lipinski definition) is 6. The number of nitrogens with zero attached hydrogens (tertiary/aromatic N) is 3. The van der Waals surface area contributed by atoms with Gasteiger partial charge in [-0.2, -0.15) is 0 Å².